The van der Waals surface area contributed by atoms with Gasteiger partial charge in [-0.3, -0.25) is 14.4 Å². The predicted octanol–water partition coefficient (Wildman–Crippen LogP) is 25.9. The van der Waals surface area contributed by atoms with Crippen LogP contribution in [0.5, 0.6) is 0 Å². The van der Waals surface area contributed by atoms with E-state index in [9.17, 15) is 14.4 Å². The van der Waals surface area contributed by atoms with Crippen molar-refractivity contribution in [1.29, 1.82) is 0 Å². The van der Waals surface area contributed by atoms with E-state index in [1.165, 1.54) is 302 Å². The minimum atomic E-state index is -0.776. The average Bonchev–Trinajstić information content (AvgIpc) is 3.49. The SMILES string of the molecule is CCC/C=C\CCCCCCCC(=O)OCC(COC(=O)CCCCCCCCCCCCCCCCCCCCCCCCCCCCCCCCCCCC)OC(=O)CCCCCCCCCCC/C=C\C/C=C\CCCCCCC. The zero-order chi connectivity index (χ0) is 59.9. The Morgan fingerprint density at radius 2 is 0.458 bits per heavy atom. The number of rotatable bonds is 70. The molecule has 0 saturated heterocycles. The van der Waals surface area contributed by atoms with Gasteiger partial charge in [0.05, 0.1) is 0 Å². The minimum absolute atomic E-state index is 0.0723. The third-order valence-corrected chi connectivity index (χ3v) is 17.1. The quantitative estimate of drug-likeness (QED) is 0.0261. The molecular weight excluding hydrogens is 1020 g/mol. The summed E-state index contributed by atoms with van der Waals surface area (Å²) in [5, 5.41) is 0. The highest BCUT2D eigenvalue weighted by atomic mass is 16.6. The molecule has 0 aromatic rings. The fourth-order valence-corrected chi connectivity index (χ4v) is 11.5. The van der Waals surface area contributed by atoms with Crippen LogP contribution in [0.2, 0.25) is 0 Å². The molecule has 0 aliphatic carbocycles. The van der Waals surface area contributed by atoms with Gasteiger partial charge >= 0.3 is 17.9 Å². The van der Waals surface area contributed by atoms with Crippen LogP contribution in [0, 0.1) is 0 Å². The highest BCUT2D eigenvalue weighted by Crippen LogP contribution is 2.19. The van der Waals surface area contributed by atoms with Crippen LogP contribution in [0.1, 0.15) is 419 Å². The molecule has 0 bridgehead atoms. The topological polar surface area (TPSA) is 78.9 Å². The third-order valence-electron chi connectivity index (χ3n) is 17.1. The third kappa shape index (κ3) is 70.3. The summed E-state index contributed by atoms with van der Waals surface area (Å²) >= 11 is 0. The Morgan fingerprint density at radius 1 is 0.241 bits per heavy atom. The summed E-state index contributed by atoms with van der Waals surface area (Å²) in [5.74, 6) is -0.862. The smallest absolute Gasteiger partial charge is 0.306 e. The highest BCUT2D eigenvalue weighted by Gasteiger charge is 2.20. The summed E-state index contributed by atoms with van der Waals surface area (Å²) in [7, 11) is 0. The number of hydrogen-bond acceptors (Lipinski definition) is 6. The van der Waals surface area contributed by atoms with E-state index < -0.39 is 6.10 Å². The Hall–Kier alpha value is -2.37. The molecule has 0 aromatic carbocycles. The molecule has 0 aliphatic rings. The van der Waals surface area contributed by atoms with Crippen molar-refractivity contribution in [1.82, 2.24) is 0 Å². The number of hydrogen-bond donors (Lipinski definition) is 0. The van der Waals surface area contributed by atoms with Crippen molar-refractivity contribution in [2.45, 2.75) is 425 Å². The Balaban J connectivity index is 4.04. The summed E-state index contributed by atoms with van der Waals surface area (Å²) in [4.78, 5) is 38.3. The molecule has 1 unspecified atom stereocenters. The molecular formula is C77H144O6. The van der Waals surface area contributed by atoms with Gasteiger partial charge in [0, 0.05) is 19.3 Å². The lowest BCUT2D eigenvalue weighted by Gasteiger charge is -2.18. The van der Waals surface area contributed by atoms with Crippen LogP contribution in [0.15, 0.2) is 36.5 Å². The molecule has 0 rings (SSSR count). The van der Waals surface area contributed by atoms with Crippen molar-refractivity contribution < 1.29 is 28.6 Å². The Morgan fingerprint density at radius 3 is 0.723 bits per heavy atom. The van der Waals surface area contributed by atoms with Gasteiger partial charge in [-0.25, -0.2) is 0 Å². The number of esters is 3. The normalized spacial score (nSPS) is 12.2. The fraction of sp³-hybridized carbons (Fsp3) is 0.883. The van der Waals surface area contributed by atoms with Gasteiger partial charge in [0.1, 0.15) is 13.2 Å². The van der Waals surface area contributed by atoms with Crippen molar-refractivity contribution in [3.05, 3.63) is 36.5 Å². The van der Waals surface area contributed by atoms with Crippen LogP contribution < -0.4 is 0 Å². The van der Waals surface area contributed by atoms with E-state index in [4.69, 9.17) is 14.2 Å². The van der Waals surface area contributed by atoms with E-state index >= 15 is 0 Å². The van der Waals surface area contributed by atoms with Crippen molar-refractivity contribution in [3.8, 4) is 0 Å². The van der Waals surface area contributed by atoms with E-state index in [1.807, 2.05) is 0 Å². The molecule has 0 aromatic heterocycles. The first-order chi connectivity index (χ1) is 41.0. The maximum Gasteiger partial charge on any atom is 0.306 e. The molecule has 6 nitrogen and oxygen atoms in total. The van der Waals surface area contributed by atoms with E-state index in [2.05, 4.69) is 57.2 Å². The molecule has 0 radical (unpaired) electrons. The zero-order valence-electron chi connectivity index (χ0n) is 56.2. The Labute approximate surface area is 518 Å². The summed E-state index contributed by atoms with van der Waals surface area (Å²) in [6.45, 7) is 6.63. The van der Waals surface area contributed by atoms with Gasteiger partial charge in [0.15, 0.2) is 6.10 Å². The first-order valence-corrected chi connectivity index (χ1v) is 37.5. The maximum absolute atomic E-state index is 12.9. The molecule has 488 valence electrons. The first kappa shape index (κ1) is 80.6. The lowest BCUT2D eigenvalue weighted by molar-refractivity contribution is -0.167. The summed E-state index contributed by atoms with van der Waals surface area (Å²) in [6, 6.07) is 0. The van der Waals surface area contributed by atoms with Crippen LogP contribution in [0.4, 0.5) is 0 Å². The zero-order valence-corrected chi connectivity index (χ0v) is 56.2. The minimum Gasteiger partial charge on any atom is -0.462 e. The second kappa shape index (κ2) is 72.1. The van der Waals surface area contributed by atoms with Crippen molar-refractivity contribution in [2.24, 2.45) is 0 Å². The number of carbonyl (C=O) groups excluding carboxylic acids is 3. The van der Waals surface area contributed by atoms with Gasteiger partial charge in [0.25, 0.3) is 0 Å². The van der Waals surface area contributed by atoms with Gasteiger partial charge in [0.2, 0.25) is 0 Å². The van der Waals surface area contributed by atoms with Crippen molar-refractivity contribution in [3.63, 3.8) is 0 Å². The van der Waals surface area contributed by atoms with Gasteiger partial charge < -0.3 is 14.2 Å². The molecule has 0 aliphatic heterocycles. The van der Waals surface area contributed by atoms with Crippen LogP contribution in [-0.2, 0) is 28.6 Å². The van der Waals surface area contributed by atoms with Crippen LogP contribution in [0.25, 0.3) is 0 Å². The van der Waals surface area contributed by atoms with Crippen LogP contribution in [-0.4, -0.2) is 37.2 Å². The first-order valence-electron chi connectivity index (χ1n) is 37.5. The fourth-order valence-electron chi connectivity index (χ4n) is 11.5. The molecule has 0 heterocycles. The Kier molecular flexibility index (Phi) is 70.0. The second-order valence-corrected chi connectivity index (χ2v) is 25.6. The Bertz CT molecular complexity index is 1380. The monoisotopic (exact) mass is 1170 g/mol. The summed E-state index contributed by atoms with van der Waals surface area (Å²) in [5.41, 5.74) is 0. The van der Waals surface area contributed by atoms with Gasteiger partial charge in [-0.1, -0.05) is 365 Å². The molecule has 6 heteroatoms. The van der Waals surface area contributed by atoms with Crippen LogP contribution >= 0.6 is 0 Å². The molecule has 0 saturated carbocycles. The number of carbonyl (C=O) groups is 3. The maximum atomic E-state index is 12.9. The van der Waals surface area contributed by atoms with Gasteiger partial charge in [-0.05, 0) is 70.6 Å². The molecule has 83 heavy (non-hydrogen) atoms. The summed E-state index contributed by atoms with van der Waals surface area (Å²) < 4.78 is 16.9. The predicted molar refractivity (Wildman–Crippen MR) is 362 cm³/mol. The molecule has 0 N–H and O–H groups in total. The van der Waals surface area contributed by atoms with Gasteiger partial charge in [-0.15, -0.1) is 0 Å². The van der Waals surface area contributed by atoms with E-state index in [-0.39, 0.29) is 31.1 Å². The lowest BCUT2D eigenvalue weighted by atomic mass is 10.0. The van der Waals surface area contributed by atoms with E-state index in [1.54, 1.807) is 0 Å². The number of unbranched alkanes of at least 4 members (excludes halogenated alkanes) is 53. The van der Waals surface area contributed by atoms with Crippen molar-refractivity contribution in [2.75, 3.05) is 13.2 Å². The largest absolute Gasteiger partial charge is 0.462 e. The lowest BCUT2D eigenvalue weighted by Crippen LogP contribution is -2.30. The summed E-state index contributed by atoms with van der Waals surface area (Å²) in [6.07, 6.45) is 90.8. The molecule has 0 fully saturated rings. The second-order valence-electron chi connectivity index (χ2n) is 25.6. The van der Waals surface area contributed by atoms with Crippen molar-refractivity contribution >= 4 is 17.9 Å². The molecule has 0 spiro atoms. The van der Waals surface area contributed by atoms with E-state index in [0.29, 0.717) is 19.3 Å². The molecule has 1 atom stereocenters. The average molecular weight is 1170 g/mol. The number of allylic oxidation sites excluding steroid dienone is 6. The highest BCUT2D eigenvalue weighted by molar-refractivity contribution is 5.71. The van der Waals surface area contributed by atoms with E-state index in [0.717, 1.165) is 77.0 Å². The van der Waals surface area contributed by atoms with Gasteiger partial charge in [-0.2, -0.15) is 0 Å². The standard InChI is InChI=1S/C77H144O6/c1-4-7-10-13-16-19-22-24-26-28-30-32-33-34-35-36-37-38-39-40-41-42-43-44-46-47-49-51-53-55-58-61-64-67-70-76(79)82-73-74(72-81-75(78)69-66-63-60-57-21-18-15-12-9-6-3)83-77(80)71-68-65-62-59-56-54-52-50-48-45-31-29-27-25-23-20-17-14-11-8-5-2/h12,15,23,25,29,31,74H,4-11,13-14,16-22,24,26-28,30,32-73H2,1-3H3/b15-12-,25-23-,31-29-. The number of ether oxygens (including phenoxy) is 3. The molecule has 0 amide bonds. The van der Waals surface area contributed by atoms with Crippen LogP contribution in [0.3, 0.4) is 0 Å².